The molecule has 0 aliphatic rings. The smallest absolute Gasteiger partial charge is 0.145 e. The van der Waals surface area contributed by atoms with Gasteiger partial charge in [0.15, 0.2) is 0 Å². The summed E-state index contributed by atoms with van der Waals surface area (Å²) in [6.07, 6.45) is 1.75. The number of nitrogens with one attached hydrogen (secondary N) is 1. The molecular weight excluding hydrogens is 226 g/mol. The molecule has 18 heavy (non-hydrogen) atoms. The van der Waals surface area contributed by atoms with E-state index in [1.54, 1.807) is 6.20 Å². The fraction of sp³-hybridized carbons (Fsp3) is 0.429. The predicted molar refractivity (Wildman–Crippen MR) is 73.7 cm³/mol. The van der Waals surface area contributed by atoms with E-state index in [9.17, 15) is 0 Å². The van der Waals surface area contributed by atoms with Gasteiger partial charge >= 0.3 is 0 Å². The van der Waals surface area contributed by atoms with E-state index in [2.05, 4.69) is 29.1 Å². The molecule has 96 valence electrons. The van der Waals surface area contributed by atoms with Gasteiger partial charge in [0.2, 0.25) is 0 Å². The first-order valence-electron chi connectivity index (χ1n) is 6.20. The van der Waals surface area contributed by atoms with Crippen molar-refractivity contribution in [1.29, 1.82) is 0 Å². The van der Waals surface area contributed by atoms with Gasteiger partial charge in [-0.05, 0) is 32.9 Å². The minimum Gasteiger partial charge on any atom is -0.374 e. The highest BCUT2D eigenvalue weighted by Gasteiger charge is 2.17. The van der Waals surface area contributed by atoms with E-state index in [-0.39, 0.29) is 5.60 Å². The quantitative estimate of drug-likeness (QED) is 0.880. The molecule has 0 spiro atoms. The van der Waals surface area contributed by atoms with Gasteiger partial charge in [-0.25, -0.2) is 4.98 Å². The van der Waals surface area contributed by atoms with Crippen molar-refractivity contribution in [3.8, 4) is 0 Å². The molecule has 2 aromatic rings. The Bertz CT molecular complexity index is 525. The zero-order valence-electron chi connectivity index (χ0n) is 11.1. The van der Waals surface area contributed by atoms with Crippen molar-refractivity contribution in [2.45, 2.75) is 26.4 Å². The van der Waals surface area contributed by atoms with Gasteiger partial charge in [-0.1, -0.05) is 12.1 Å². The summed E-state index contributed by atoms with van der Waals surface area (Å²) in [5.74, 6) is 0.779. The van der Waals surface area contributed by atoms with Gasteiger partial charge in [0.25, 0.3) is 0 Å². The van der Waals surface area contributed by atoms with Crippen LogP contribution in [0.15, 0.2) is 30.5 Å². The lowest BCUT2D eigenvalue weighted by Crippen LogP contribution is -2.33. The highest BCUT2D eigenvalue weighted by atomic mass is 16.5. The molecule has 0 aliphatic heterocycles. The lowest BCUT2D eigenvalue weighted by Gasteiger charge is -2.25. The van der Waals surface area contributed by atoms with Crippen LogP contribution >= 0.6 is 0 Å². The Kier molecular flexibility index (Phi) is 3.77. The summed E-state index contributed by atoms with van der Waals surface area (Å²) in [6.45, 7) is 7.51. The Morgan fingerprint density at radius 3 is 2.67 bits per heavy atom. The first-order valence-corrected chi connectivity index (χ1v) is 6.20. The number of benzene rings is 1. The van der Waals surface area contributed by atoms with Crippen molar-refractivity contribution < 1.29 is 4.74 Å². The molecule has 0 fully saturated rings. The molecule has 0 radical (unpaired) electrons. The number of hydrogen-bond donors (Lipinski definition) is 1. The molecule has 4 nitrogen and oxygen atoms in total. The van der Waals surface area contributed by atoms with Crippen LogP contribution < -0.4 is 5.32 Å². The van der Waals surface area contributed by atoms with Crippen molar-refractivity contribution >= 4 is 16.9 Å². The maximum absolute atomic E-state index is 5.63. The largest absolute Gasteiger partial charge is 0.374 e. The number of anilines is 1. The number of aromatic nitrogens is 2. The molecule has 2 rings (SSSR count). The van der Waals surface area contributed by atoms with Crippen LogP contribution in [0.4, 0.5) is 5.82 Å². The zero-order valence-corrected chi connectivity index (χ0v) is 11.1. The topological polar surface area (TPSA) is 47.0 Å². The van der Waals surface area contributed by atoms with Crippen molar-refractivity contribution in [2.75, 3.05) is 18.5 Å². The van der Waals surface area contributed by atoms with Gasteiger partial charge in [-0.15, -0.1) is 0 Å². The Morgan fingerprint density at radius 2 is 1.94 bits per heavy atom. The fourth-order valence-electron chi connectivity index (χ4n) is 1.79. The highest BCUT2D eigenvalue weighted by Crippen LogP contribution is 2.14. The summed E-state index contributed by atoms with van der Waals surface area (Å²) in [6, 6.07) is 7.84. The molecule has 1 aromatic heterocycles. The van der Waals surface area contributed by atoms with Crippen LogP contribution in [0.25, 0.3) is 11.0 Å². The van der Waals surface area contributed by atoms with Gasteiger partial charge in [0, 0.05) is 13.2 Å². The van der Waals surface area contributed by atoms with Gasteiger partial charge in [-0.3, -0.25) is 4.98 Å². The molecule has 0 atom stereocenters. The molecule has 0 aliphatic carbocycles. The number of ether oxygens (including phenoxy) is 1. The van der Waals surface area contributed by atoms with E-state index in [0.717, 1.165) is 16.9 Å². The first kappa shape index (κ1) is 12.8. The van der Waals surface area contributed by atoms with E-state index in [1.807, 2.05) is 31.2 Å². The summed E-state index contributed by atoms with van der Waals surface area (Å²) in [7, 11) is 0. The summed E-state index contributed by atoms with van der Waals surface area (Å²) in [5.41, 5.74) is 1.60. The maximum Gasteiger partial charge on any atom is 0.145 e. The minimum absolute atomic E-state index is 0.206. The molecular formula is C14H19N3O. The number of fused-ring (bicyclic) bond motifs is 1. The van der Waals surface area contributed by atoms with E-state index in [4.69, 9.17) is 4.74 Å². The highest BCUT2D eigenvalue weighted by molar-refractivity contribution is 5.75. The van der Waals surface area contributed by atoms with Crippen LogP contribution in [0.3, 0.4) is 0 Å². The third-order valence-electron chi connectivity index (χ3n) is 2.68. The Balaban J connectivity index is 2.08. The van der Waals surface area contributed by atoms with Crippen molar-refractivity contribution in [1.82, 2.24) is 9.97 Å². The maximum atomic E-state index is 5.63. The van der Waals surface area contributed by atoms with E-state index < -0.39 is 0 Å². The van der Waals surface area contributed by atoms with Crippen molar-refractivity contribution in [2.24, 2.45) is 0 Å². The van der Waals surface area contributed by atoms with Crippen LogP contribution in [-0.4, -0.2) is 28.7 Å². The summed E-state index contributed by atoms with van der Waals surface area (Å²) in [5, 5.41) is 3.26. The molecule has 4 heteroatoms. The van der Waals surface area contributed by atoms with Crippen LogP contribution in [0.5, 0.6) is 0 Å². The third kappa shape index (κ3) is 3.17. The lowest BCUT2D eigenvalue weighted by atomic mass is 10.1. The van der Waals surface area contributed by atoms with E-state index in [0.29, 0.717) is 13.2 Å². The molecule has 0 saturated heterocycles. The molecule has 1 N–H and O–H groups in total. The second-order valence-electron chi connectivity index (χ2n) is 4.79. The van der Waals surface area contributed by atoms with E-state index in [1.165, 1.54) is 0 Å². The Hall–Kier alpha value is -1.68. The average Bonchev–Trinajstić information content (AvgIpc) is 2.36. The standard InChI is InChI=1S/C14H19N3O/c1-4-18-14(2,3)10-16-13-9-15-11-7-5-6-8-12(11)17-13/h5-9H,4,10H2,1-3H3,(H,16,17). The molecule has 0 bridgehead atoms. The summed E-state index contributed by atoms with van der Waals surface area (Å²) < 4.78 is 5.63. The molecule has 1 heterocycles. The second kappa shape index (κ2) is 5.31. The average molecular weight is 245 g/mol. The second-order valence-corrected chi connectivity index (χ2v) is 4.79. The molecule has 0 amide bonds. The summed E-state index contributed by atoms with van der Waals surface area (Å²) in [4.78, 5) is 8.87. The molecule has 0 unspecified atom stereocenters. The van der Waals surface area contributed by atoms with Crippen molar-refractivity contribution in [3.63, 3.8) is 0 Å². The van der Waals surface area contributed by atoms with Gasteiger partial charge in [0.05, 0.1) is 22.8 Å². The Labute approximate surface area is 107 Å². The zero-order chi connectivity index (χ0) is 13.0. The van der Waals surface area contributed by atoms with Crippen LogP contribution in [0.1, 0.15) is 20.8 Å². The lowest BCUT2D eigenvalue weighted by molar-refractivity contribution is 0.000643. The molecule has 1 aromatic carbocycles. The normalized spacial score (nSPS) is 11.7. The number of rotatable bonds is 5. The summed E-state index contributed by atoms with van der Waals surface area (Å²) >= 11 is 0. The molecule has 0 saturated carbocycles. The van der Waals surface area contributed by atoms with Crippen LogP contribution in [0, 0.1) is 0 Å². The minimum atomic E-state index is -0.206. The Morgan fingerprint density at radius 1 is 1.22 bits per heavy atom. The van der Waals surface area contributed by atoms with Gasteiger partial charge < -0.3 is 10.1 Å². The monoisotopic (exact) mass is 245 g/mol. The van der Waals surface area contributed by atoms with Gasteiger partial charge in [0.1, 0.15) is 5.82 Å². The number of para-hydroxylation sites is 2. The SMILES string of the molecule is CCOC(C)(C)CNc1cnc2ccccc2n1. The van der Waals surface area contributed by atoms with Crippen LogP contribution in [-0.2, 0) is 4.74 Å². The predicted octanol–water partition coefficient (Wildman–Crippen LogP) is 2.86. The third-order valence-corrected chi connectivity index (χ3v) is 2.68. The van der Waals surface area contributed by atoms with Gasteiger partial charge in [-0.2, -0.15) is 0 Å². The van der Waals surface area contributed by atoms with Crippen LogP contribution in [0.2, 0.25) is 0 Å². The number of hydrogen-bond acceptors (Lipinski definition) is 4. The van der Waals surface area contributed by atoms with E-state index >= 15 is 0 Å². The fourth-order valence-corrected chi connectivity index (χ4v) is 1.79. The number of nitrogens with zero attached hydrogens (tertiary/aromatic N) is 2. The van der Waals surface area contributed by atoms with Crippen molar-refractivity contribution in [3.05, 3.63) is 30.5 Å². The first-order chi connectivity index (χ1) is 8.61.